The van der Waals surface area contributed by atoms with Crippen LogP contribution in [0.15, 0.2) is 21.2 Å². The van der Waals surface area contributed by atoms with Gasteiger partial charge in [-0.15, -0.1) is 0 Å². The van der Waals surface area contributed by atoms with Crippen molar-refractivity contribution in [3.8, 4) is 0 Å². The number of carbonyl (C=O) groups is 1. The molecule has 0 saturated carbocycles. The molecule has 0 saturated heterocycles. The highest BCUT2D eigenvalue weighted by Crippen LogP contribution is 2.14. The first kappa shape index (κ1) is 4.96. The summed E-state index contributed by atoms with van der Waals surface area (Å²) in [6, 6.07) is -0.427. The Kier molecular flexibility index (Phi) is 1.43. The Morgan fingerprint density at radius 3 is 3.00 bits per heavy atom. The molecule has 0 fully saturated rings. The number of rotatable bonds is 1. The number of carbonyl (C=O) groups excluding carboxylic acids is 1. The predicted molar refractivity (Wildman–Crippen MR) is 37.7 cm³/mol. The van der Waals surface area contributed by atoms with Gasteiger partial charge >= 0.3 is 5.97 Å². The fraction of sp³-hybridized carbons (Fsp3) is 0.167. The molecule has 1 aromatic rings. The molecule has 0 atom stereocenters. The molecular formula is C6H5BrO3. The van der Waals surface area contributed by atoms with Crippen LogP contribution in [0.1, 0.15) is 13.3 Å². The zero-order valence-electron chi connectivity index (χ0n) is 7.10. The van der Waals surface area contributed by atoms with Crippen molar-refractivity contribution in [2.24, 2.45) is 0 Å². The first-order chi connectivity index (χ1) is 5.57. The van der Waals surface area contributed by atoms with E-state index in [-0.39, 0.29) is 22.5 Å². The van der Waals surface area contributed by atoms with Gasteiger partial charge in [0.05, 0.1) is 9.85 Å². The van der Waals surface area contributed by atoms with Crippen molar-refractivity contribution in [1.82, 2.24) is 0 Å². The van der Waals surface area contributed by atoms with E-state index in [9.17, 15) is 4.79 Å². The topological polar surface area (TPSA) is 39.4 Å². The Labute approximate surface area is 68.9 Å². The van der Waals surface area contributed by atoms with Gasteiger partial charge in [0.2, 0.25) is 5.76 Å². The van der Waals surface area contributed by atoms with Crippen molar-refractivity contribution in [1.29, 1.82) is 0 Å². The molecule has 0 aliphatic heterocycles. The highest BCUT2D eigenvalue weighted by molar-refractivity contribution is 9.10. The van der Waals surface area contributed by atoms with Gasteiger partial charge < -0.3 is 9.15 Å². The lowest BCUT2D eigenvalue weighted by atomic mass is 10.5. The summed E-state index contributed by atoms with van der Waals surface area (Å²) in [5.74, 6) is -1.01. The standard InChI is InChI=1S/C6H5BrO3/c1-9-6(8)4-2-3-5(7)10-4/h2-3H,1H3/i2D,3D. The van der Waals surface area contributed by atoms with E-state index in [0.717, 1.165) is 0 Å². The first-order valence-electron chi connectivity index (χ1n) is 3.41. The van der Waals surface area contributed by atoms with Crippen molar-refractivity contribution in [3.63, 3.8) is 0 Å². The van der Waals surface area contributed by atoms with Crippen LogP contribution in [-0.2, 0) is 4.74 Å². The number of esters is 1. The molecule has 1 rings (SSSR count). The molecule has 0 radical (unpaired) electrons. The average Bonchev–Trinajstić information content (AvgIpc) is 2.32. The number of hydrogen-bond donors (Lipinski definition) is 0. The van der Waals surface area contributed by atoms with Crippen molar-refractivity contribution in [2.45, 2.75) is 0 Å². The molecule has 0 bridgehead atoms. The zero-order valence-corrected chi connectivity index (χ0v) is 6.69. The fourth-order valence-corrected chi connectivity index (χ4v) is 0.693. The van der Waals surface area contributed by atoms with Crippen LogP contribution in [0.4, 0.5) is 0 Å². The van der Waals surface area contributed by atoms with Crippen LogP contribution in [0.3, 0.4) is 0 Å². The van der Waals surface area contributed by atoms with E-state index < -0.39 is 5.97 Å². The number of hydrogen-bond acceptors (Lipinski definition) is 3. The predicted octanol–water partition coefficient (Wildman–Crippen LogP) is 1.83. The third-order valence-electron chi connectivity index (χ3n) is 0.837. The van der Waals surface area contributed by atoms with Gasteiger partial charge in [-0.1, -0.05) is 0 Å². The van der Waals surface area contributed by atoms with Crippen molar-refractivity contribution >= 4 is 21.9 Å². The molecule has 1 aromatic heterocycles. The molecule has 3 nitrogen and oxygen atoms in total. The second-order valence-electron chi connectivity index (χ2n) is 1.45. The highest BCUT2D eigenvalue weighted by atomic mass is 79.9. The number of halogens is 1. The molecular weight excluding hydrogens is 200 g/mol. The van der Waals surface area contributed by atoms with Gasteiger partial charge in [-0.05, 0) is 28.0 Å². The average molecular weight is 207 g/mol. The molecule has 0 N–H and O–H groups in total. The largest absolute Gasteiger partial charge is 0.463 e. The summed E-state index contributed by atoms with van der Waals surface area (Å²) in [7, 11) is 1.18. The van der Waals surface area contributed by atoms with E-state index in [1.165, 1.54) is 7.11 Å². The van der Waals surface area contributed by atoms with Crippen LogP contribution in [-0.4, -0.2) is 13.1 Å². The summed E-state index contributed by atoms with van der Waals surface area (Å²) < 4.78 is 23.6. The molecule has 0 aliphatic carbocycles. The van der Waals surface area contributed by atoms with Crippen LogP contribution < -0.4 is 0 Å². The van der Waals surface area contributed by atoms with E-state index in [0.29, 0.717) is 0 Å². The van der Waals surface area contributed by atoms with Crippen LogP contribution in [0.5, 0.6) is 0 Å². The lowest BCUT2D eigenvalue weighted by Gasteiger charge is -1.90. The summed E-state index contributed by atoms with van der Waals surface area (Å²) >= 11 is 2.88. The summed E-state index contributed by atoms with van der Waals surface area (Å²) in [6.07, 6.45) is 0. The summed E-state index contributed by atoms with van der Waals surface area (Å²) in [6.45, 7) is 0. The molecule has 0 spiro atoms. The quantitative estimate of drug-likeness (QED) is 0.659. The van der Waals surface area contributed by atoms with Crippen molar-refractivity contribution in [3.05, 3.63) is 22.5 Å². The molecule has 0 aliphatic rings. The van der Waals surface area contributed by atoms with Gasteiger partial charge in [0.15, 0.2) is 4.67 Å². The molecule has 4 heteroatoms. The Hall–Kier alpha value is -0.770. The summed E-state index contributed by atoms with van der Waals surface area (Å²) in [5.41, 5.74) is 0. The van der Waals surface area contributed by atoms with Crippen LogP contribution in [0.2, 0.25) is 0 Å². The minimum Gasteiger partial charge on any atom is -0.463 e. The van der Waals surface area contributed by atoms with E-state index in [4.69, 9.17) is 7.16 Å². The van der Waals surface area contributed by atoms with Gasteiger partial charge in [0, 0.05) is 0 Å². The smallest absolute Gasteiger partial charge is 0.373 e. The Bertz CT molecular complexity index is 321. The first-order valence-corrected chi connectivity index (χ1v) is 3.21. The molecule has 0 aromatic carbocycles. The minimum atomic E-state index is -0.751. The molecule has 0 amide bonds. The highest BCUT2D eigenvalue weighted by Gasteiger charge is 2.08. The molecule has 54 valence electrons. The van der Waals surface area contributed by atoms with Gasteiger partial charge in [0.25, 0.3) is 0 Å². The molecule has 1 heterocycles. The third kappa shape index (κ3) is 1.39. The second-order valence-corrected chi connectivity index (χ2v) is 2.17. The summed E-state index contributed by atoms with van der Waals surface area (Å²) in [5, 5.41) is 0. The maximum atomic E-state index is 10.9. The Balaban J connectivity index is 3.17. The number of ether oxygens (including phenoxy) is 1. The van der Waals surface area contributed by atoms with Crippen LogP contribution in [0.25, 0.3) is 0 Å². The lowest BCUT2D eigenvalue weighted by molar-refractivity contribution is 0.0563. The normalized spacial score (nSPS) is 12.2. The van der Waals surface area contributed by atoms with E-state index in [1.807, 2.05) is 0 Å². The maximum absolute atomic E-state index is 10.9. The van der Waals surface area contributed by atoms with Gasteiger partial charge in [-0.25, -0.2) is 4.79 Å². The SMILES string of the molecule is [2H]c1c(Br)oc(C(=O)OC)c1[2H]. The van der Waals surface area contributed by atoms with Crippen molar-refractivity contribution in [2.75, 3.05) is 7.11 Å². The second kappa shape index (κ2) is 2.88. The van der Waals surface area contributed by atoms with E-state index in [1.54, 1.807) is 0 Å². The zero-order chi connectivity index (χ0) is 9.30. The van der Waals surface area contributed by atoms with Gasteiger partial charge in [-0.2, -0.15) is 0 Å². The van der Waals surface area contributed by atoms with Crippen molar-refractivity contribution < 1.29 is 16.7 Å². The van der Waals surface area contributed by atoms with Gasteiger partial charge in [-0.3, -0.25) is 0 Å². The maximum Gasteiger partial charge on any atom is 0.373 e. The van der Waals surface area contributed by atoms with E-state index >= 15 is 0 Å². The monoisotopic (exact) mass is 206 g/mol. The number of furan rings is 1. The fourth-order valence-electron chi connectivity index (χ4n) is 0.432. The minimum absolute atomic E-state index is 0.0629. The third-order valence-corrected chi connectivity index (χ3v) is 1.20. The molecule has 0 unspecified atom stereocenters. The summed E-state index contributed by atoms with van der Waals surface area (Å²) in [4.78, 5) is 10.9. The Morgan fingerprint density at radius 2 is 2.60 bits per heavy atom. The van der Waals surface area contributed by atoms with Crippen LogP contribution >= 0.6 is 15.9 Å². The van der Waals surface area contributed by atoms with E-state index in [2.05, 4.69) is 20.7 Å². The van der Waals surface area contributed by atoms with Gasteiger partial charge in [0.1, 0.15) is 0 Å². The molecule has 10 heavy (non-hydrogen) atoms. The number of methoxy groups -OCH3 is 1. The lowest BCUT2D eigenvalue weighted by Crippen LogP contribution is -1.97. The van der Waals surface area contributed by atoms with Crippen LogP contribution in [0, 0.1) is 0 Å². The Morgan fingerprint density at radius 1 is 1.90 bits per heavy atom.